The monoisotopic (exact) mass is 297 g/mol. The molecule has 3 rings (SSSR count). The summed E-state index contributed by atoms with van der Waals surface area (Å²) in [4.78, 5) is 19.4. The van der Waals surface area contributed by atoms with Crippen LogP contribution in [0.4, 0.5) is 11.8 Å². The molecule has 0 aliphatic carbocycles. The highest BCUT2D eigenvalue weighted by atomic mass is 16.5. The highest BCUT2D eigenvalue weighted by Crippen LogP contribution is 2.27. The Bertz CT molecular complexity index is 856. The minimum Gasteiger partial charge on any atom is -0.457 e. The lowest BCUT2D eigenvalue weighted by molar-refractivity contribution is -0.114. The topological polar surface area (TPSA) is 95.1 Å². The zero-order valence-corrected chi connectivity index (χ0v) is 12.2. The SMILES string of the molecule is CC(=O)Nc1cc(Oc2ccc3c(c2)nc(N)n3C)ccn1. The Labute approximate surface area is 126 Å². The van der Waals surface area contributed by atoms with Crippen molar-refractivity contribution in [1.82, 2.24) is 14.5 Å². The van der Waals surface area contributed by atoms with Gasteiger partial charge in [0.25, 0.3) is 0 Å². The second kappa shape index (κ2) is 5.36. The molecular weight excluding hydrogens is 282 g/mol. The quantitative estimate of drug-likeness (QED) is 0.773. The van der Waals surface area contributed by atoms with Gasteiger partial charge in [-0.15, -0.1) is 0 Å². The van der Waals surface area contributed by atoms with Crippen LogP contribution in [0.2, 0.25) is 0 Å². The first kappa shape index (κ1) is 13.9. The van der Waals surface area contributed by atoms with Gasteiger partial charge in [0.15, 0.2) is 0 Å². The van der Waals surface area contributed by atoms with Crippen LogP contribution in [-0.2, 0) is 11.8 Å². The molecule has 2 aromatic heterocycles. The predicted octanol–water partition coefficient (Wildman–Crippen LogP) is 2.30. The van der Waals surface area contributed by atoms with Gasteiger partial charge in [0.05, 0.1) is 11.0 Å². The smallest absolute Gasteiger partial charge is 0.222 e. The number of fused-ring (bicyclic) bond motifs is 1. The van der Waals surface area contributed by atoms with E-state index >= 15 is 0 Å². The van der Waals surface area contributed by atoms with Gasteiger partial charge in [0.2, 0.25) is 11.9 Å². The average Bonchev–Trinajstić information content (AvgIpc) is 2.73. The van der Waals surface area contributed by atoms with E-state index in [1.54, 1.807) is 22.9 Å². The van der Waals surface area contributed by atoms with E-state index in [4.69, 9.17) is 10.5 Å². The number of aryl methyl sites for hydroxylation is 1. The molecule has 0 atom stereocenters. The lowest BCUT2D eigenvalue weighted by Gasteiger charge is -2.07. The van der Waals surface area contributed by atoms with Crippen LogP contribution in [-0.4, -0.2) is 20.4 Å². The molecule has 3 N–H and O–H groups in total. The van der Waals surface area contributed by atoms with Gasteiger partial charge in [0.1, 0.15) is 17.3 Å². The number of hydrogen-bond acceptors (Lipinski definition) is 5. The number of nitrogen functional groups attached to an aromatic ring is 1. The number of carbonyl (C=O) groups is 1. The van der Waals surface area contributed by atoms with Crippen molar-refractivity contribution in [1.29, 1.82) is 0 Å². The Morgan fingerprint density at radius 2 is 2.05 bits per heavy atom. The molecule has 1 amide bonds. The van der Waals surface area contributed by atoms with Crippen molar-refractivity contribution in [2.75, 3.05) is 11.1 Å². The largest absolute Gasteiger partial charge is 0.457 e. The summed E-state index contributed by atoms with van der Waals surface area (Å²) in [5, 5.41) is 2.61. The number of nitrogens with two attached hydrogens (primary N) is 1. The van der Waals surface area contributed by atoms with Gasteiger partial charge in [-0.05, 0) is 18.2 Å². The molecule has 0 spiro atoms. The lowest BCUT2D eigenvalue weighted by atomic mass is 10.3. The molecule has 0 fully saturated rings. The molecule has 0 radical (unpaired) electrons. The van der Waals surface area contributed by atoms with Crippen molar-refractivity contribution >= 4 is 28.7 Å². The van der Waals surface area contributed by atoms with Gasteiger partial charge in [-0.25, -0.2) is 9.97 Å². The van der Waals surface area contributed by atoms with Crippen molar-refractivity contribution < 1.29 is 9.53 Å². The molecule has 1 aromatic carbocycles. The molecule has 0 aliphatic rings. The molecule has 0 unspecified atom stereocenters. The number of hydrogen-bond donors (Lipinski definition) is 2. The van der Waals surface area contributed by atoms with Crippen molar-refractivity contribution in [2.24, 2.45) is 7.05 Å². The number of nitrogens with one attached hydrogen (secondary N) is 1. The zero-order valence-electron chi connectivity index (χ0n) is 12.2. The van der Waals surface area contributed by atoms with Crippen LogP contribution in [0.15, 0.2) is 36.5 Å². The summed E-state index contributed by atoms with van der Waals surface area (Å²) in [7, 11) is 1.85. The highest BCUT2D eigenvalue weighted by Gasteiger charge is 2.07. The molecular formula is C15H15N5O2. The summed E-state index contributed by atoms with van der Waals surface area (Å²) < 4.78 is 7.58. The fourth-order valence-electron chi connectivity index (χ4n) is 2.12. The summed E-state index contributed by atoms with van der Waals surface area (Å²) in [6.45, 7) is 1.43. The number of amides is 1. The summed E-state index contributed by atoms with van der Waals surface area (Å²) in [5.41, 5.74) is 7.47. The maximum absolute atomic E-state index is 11.0. The highest BCUT2D eigenvalue weighted by molar-refractivity contribution is 5.87. The van der Waals surface area contributed by atoms with Crippen molar-refractivity contribution in [3.8, 4) is 11.5 Å². The number of carbonyl (C=O) groups excluding carboxylic acids is 1. The standard InChI is InChI=1S/C15H15N5O2/c1-9(21)18-14-8-11(5-6-17-14)22-10-3-4-13-12(7-10)19-15(16)20(13)2/h3-8H,1-2H3,(H2,16,19)(H,17,18,21). The Kier molecular flexibility index (Phi) is 3.38. The van der Waals surface area contributed by atoms with E-state index in [2.05, 4.69) is 15.3 Å². The third kappa shape index (κ3) is 2.69. The number of aromatic nitrogens is 3. The minimum atomic E-state index is -0.185. The van der Waals surface area contributed by atoms with Crippen LogP contribution in [0, 0.1) is 0 Å². The van der Waals surface area contributed by atoms with Gasteiger partial charge in [-0.1, -0.05) is 0 Å². The number of rotatable bonds is 3. The Morgan fingerprint density at radius 1 is 1.27 bits per heavy atom. The molecule has 7 heteroatoms. The van der Waals surface area contributed by atoms with Gasteiger partial charge >= 0.3 is 0 Å². The summed E-state index contributed by atoms with van der Waals surface area (Å²) in [6, 6.07) is 8.90. The normalized spacial score (nSPS) is 10.6. The zero-order chi connectivity index (χ0) is 15.7. The van der Waals surface area contributed by atoms with Gasteiger partial charge in [-0.3, -0.25) is 4.79 Å². The second-order valence-corrected chi connectivity index (χ2v) is 4.84. The van der Waals surface area contributed by atoms with Crippen molar-refractivity contribution in [2.45, 2.75) is 6.92 Å². The van der Waals surface area contributed by atoms with E-state index in [0.717, 1.165) is 11.0 Å². The summed E-state index contributed by atoms with van der Waals surface area (Å²) >= 11 is 0. The predicted molar refractivity (Wildman–Crippen MR) is 83.7 cm³/mol. The lowest BCUT2D eigenvalue weighted by Crippen LogP contribution is -2.07. The number of anilines is 2. The Balaban J connectivity index is 1.88. The third-order valence-corrected chi connectivity index (χ3v) is 3.16. The number of nitrogens with zero attached hydrogens (tertiary/aromatic N) is 3. The summed E-state index contributed by atoms with van der Waals surface area (Å²) in [5.74, 6) is 1.90. The number of imidazole rings is 1. The van der Waals surface area contributed by atoms with Crippen LogP contribution < -0.4 is 15.8 Å². The molecule has 0 saturated heterocycles. The van der Waals surface area contributed by atoms with Crippen LogP contribution in [0.5, 0.6) is 11.5 Å². The molecule has 7 nitrogen and oxygen atoms in total. The third-order valence-electron chi connectivity index (χ3n) is 3.16. The van der Waals surface area contributed by atoms with Crippen LogP contribution in [0.3, 0.4) is 0 Å². The van der Waals surface area contributed by atoms with E-state index in [0.29, 0.717) is 23.3 Å². The average molecular weight is 297 g/mol. The number of benzene rings is 1. The van der Waals surface area contributed by atoms with Crippen LogP contribution in [0.1, 0.15) is 6.92 Å². The first-order valence-corrected chi connectivity index (χ1v) is 6.66. The maximum Gasteiger partial charge on any atom is 0.222 e. The molecule has 0 bridgehead atoms. The van der Waals surface area contributed by atoms with Gasteiger partial charge < -0.3 is 20.4 Å². The van der Waals surface area contributed by atoms with E-state index in [1.165, 1.54) is 6.92 Å². The van der Waals surface area contributed by atoms with E-state index in [-0.39, 0.29) is 5.91 Å². The van der Waals surface area contributed by atoms with Gasteiger partial charge in [0, 0.05) is 32.3 Å². The molecule has 22 heavy (non-hydrogen) atoms. The van der Waals surface area contributed by atoms with Crippen LogP contribution in [0.25, 0.3) is 11.0 Å². The van der Waals surface area contributed by atoms with Crippen LogP contribution >= 0.6 is 0 Å². The fourth-order valence-corrected chi connectivity index (χ4v) is 2.12. The number of ether oxygens (including phenoxy) is 1. The molecule has 0 saturated carbocycles. The second-order valence-electron chi connectivity index (χ2n) is 4.84. The molecule has 2 heterocycles. The molecule has 112 valence electrons. The van der Waals surface area contributed by atoms with E-state index in [1.807, 2.05) is 25.2 Å². The Hall–Kier alpha value is -3.09. The molecule has 0 aliphatic heterocycles. The number of pyridine rings is 1. The fraction of sp³-hybridized carbons (Fsp3) is 0.133. The van der Waals surface area contributed by atoms with E-state index < -0.39 is 0 Å². The summed E-state index contributed by atoms with van der Waals surface area (Å²) in [6.07, 6.45) is 1.57. The van der Waals surface area contributed by atoms with E-state index in [9.17, 15) is 4.79 Å². The Morgan fingerprint density at radius 3 is 2.82 bits per heavy atom. The minimum absolute atomic E-state index is 0.185. The molecule has 3 aromatic rings. The first-order chi connectivity index (χ1) is 10.5. The van der Waals surface area contributed by atoms with Crippen molar-refractivity contribution in [3.63, 3.8) is 0 Å². The van der Waals surface area contributed by atoms with Gasteiger partial charge in [-0.2, -0.15) is 0 Å². The maximum atomic E-state index is 11.0. The van der Waals surface area contributed by atoms with Crippen molar-refractivity contribution in [3.05, 3.63) is 36.5 Å². The first-order valence-electron chi connectivity index (χ1n) is 6.66.